The van der Waals surface area contributed by atoms with Crippen molar-refractivity contribution < 1.29 is 9.59 Å². The molecule has 6 heteroatoms. The number of hydrogen-bond donors (Lipinski definition) is 2. The van der Waals surface area contributed by atoms with Gasteiger partial charge < -0.3 is 15.5 Å². The van der Waals surface area contributed by atoms with Crippen molar-refractivity contribution in [2.75, 3.05) is 6.54 Å². The summed E-state index contributed by atoms with van der Waals surface area (Å²) < 4.78 is 0. The third-order valence-electron chi connectivity index (χ3n) is 4.84. The fourth-order valence-electron chi connectivity index (χ4n) is 3.24. The molecule has 2 aliphatic heterocycles. The predicted molar refractivity (Wildman–Crippen MR) is 86.5 cm³/mol. The molecule has 2 aliphatic rings. The van der Waals surface area contributed by atoms with Gasteiger partial charge in [-0.25, -0.2) is 0 Å². The summed E-state index contributed by atoms with van der Waals surface area (Å²) in [6.45, 7) is 5.49. The summed E-state index contributed by atoms with van der Waals surface area (Å²) in [5.74, 6) is 0.263. The van der Waals surface area contributed by atoms with Gasteiger partial charge in [0.25, 0.3) is 0 Å². The molecule has 2 amide bonds. The first-order valence-corrected chi connectivity index (χ1v) is 8.89. The van der Waals surface area contributed by atoms with E-state index in [0.717, 1.165) is 13.0 Å². The molecule has 3 rings (SSSR count). The van der Waals surface area contributed by atoms with Gasteiger partial charge in [-0.1, -0.05) is 20.3 Å². The topological polar surface area (TPSA) is 61.4 Å². The zero-order valence-corrected chi connectivity index (χ0v) is 13.9. The van der Waals surface area contributed by atoms with Crippen LogP contribution in [0.3, 0.4) is 0 Å². The molecule has 0 radical (unpaired) electrons. The third kappa shape index (κ3) is 2.90. The third-order valence-corrected chi connectivity index (χ3v) is 5.57. The first-order chi connectivity index (χ1) is 10.6. The van der Waals surface area contributed by atoms with Crippen LogP contribution in [0, 0.1) is 5.92 Å². The average molecular weight is 321 g/mol. The standard InChI is InChI=1S/C16H23N3O2S/c1-3-10(2)14-16(21)19-8-12(6-13(19)15(20)18-14)17-7-11-4-5-22-9-11/h4-5,9-10,12-14,17H,3,6-8H2,1-2H3,(H,18,20)/t10-,12-,13-,14-/m0/s1. The summed E-state index contributed by atoms with van der Waals surface area (Å²) in [5.41, 5.74) is 1.25. The SMILES string of the molecule is CC[C@H](C)[C@@H]1NC(=O)[C@@H]2C[C@H](NCc3ccsc3)CN2C1=O. The van der Waals surface area contributed by atoms with Gasteiger partial charge in [-0.2, -0.15) is 11.3 Å². The Morgan fingerprint density at radius 3 is 3.00 bits per heavy atom. The molecule has 0 bridgehead atoms. The minimum absolute atomic E-state index is 0.00438. The van der Waals surface area contributed by atoms with Crippen molar-refractivity contribution >= 4 is 23.2 Å². The fourth-order valence-corrected chi connectivity index (χ4v) is 3.91. The summed E-state index contributed by atoms with van der Waals surface area (Å²) in [4.78, 5) is 26.7. The lowest BCUT2D eigenvalue weighted by Crippen LogP contribution is -2.62. The maximum Gasteiger partial charge on any atom is 0.246 e. The molecule has 2 saturated heterocycles. The molecule has 3 heterocycles. The number of fused-ring (bicyclic) bond motifs is 1. The summed E-state index contributed by atoms with van der Waals surface area (Å²) >= 11 is 1.68. The minimum Gasteiger partial charge on any atom is -0.342 e. The smallest absolute Gasteiger partial charge is 0.246 e. The Labute approximate surface area is 135 Å². The van der Waals surface area contributed by atoms with E-state index in [4.69, 9.17) is 0 Å². The number of amides is 2. The predicted octanol–water partition coefficient (Wildman–Crippen LogP) is 1.35. The number of rotatable bonds is 5. The molecule has 2 fully saturated rings. The fraction of sp³-hybridized carbons (Fsp3) is 0.625. The second kappa shape index (κ2) is 6.38. The minimum atomic E-state index is -0.357. The Balaban J connectivity index is 1.63. The van der Waals surface area contributed by atoms with Crippen molar-refractivity contribution in [3.05, 3.63) is 22.4 Å². The zero-order chi connectivity index (χ0) is 15.7. The summed E-state index contributed by atoms with van der Waals surface area (Å²) in [6.07, 6.45) is 1.59. The number of hydrogen-bond acceptors (Lipinski definition) is 4. The highest BCUT2D eigenvalue weighted by Gasteiger charge is 2.47. The van der Waals surface area contributed by atoms with Crippen molar-refractivity contribution in [2.24, 2.45) is 5.92 Å². The molecule has 0 spiro atoms. The molecule has 2 N–H and O–H groups in total. The Morgan fingerprint density at radius 2 is 2.32 bits per heavy atom. The number of carbonyl (C=O) groups is 2. The van der Waals surface area contributed by atoms with Crippen LogP contribution in [0.1, 0.15) is 32.3 Å². The molecule has 120 valence electrons. The molecule has 22 heavy (non-hydrogen) atoms. The van der Waals surface area contributed by atoms with Gasteiger partial charge in [0.2, 0.25) is 11.8 Å². The van der Waals surface area contributed by atoms with Gasteiger partial charge in [-0.15, -0.1) is 0 Å². The van der Waals surface area contributed by atoms with E-state index in [2.05, 4.69) is 27.5 Å². The monoisotopic (exact) mass is 321 g/mol. The van der Waals surface area contributed by atoms with E-state index < -0.39 is 0 Å². The van der Waals surface area contributed by atoms with Crippen molar-refractivity contribution in [3.8, 4) is 0 Å². The van der Waals surface area contributed by atoms with E-state index in [1.54, 1.807) is 16.2 Å². The van der Waals surface area contributed by atoms with Crippen molar-refractivity contribution in [1.29, 1.82) is 0 Å². The van der Waals surface area contributed by atoms with Crippen molar-refractivity contribution in [2.45, 2.75) is 51.4 Å². The second-order valence-electron chi connectivity index (χ2n) is 6.32. The largest absolute Gasteiger partial charge is 0.342 e. The van der Waals surface area contributed by atoms with E-state index >= 15 is 0 Å². The van der Waals surface area contributed by atoms with Crippen LogP contribution in [0.15, 0.2) is 16.8 Å². The van der Waals surface area contributed by atoms with E-state index in [0.29, 0.717) is 13.0 Å². The highest BCUT2D eigenvalue weighted by Crippen LogP contribution is 2.26. The summed E-state index contributed by atoms with van der Waals surface area (Å²) in [5, 5.41) is 10.6. The molecule has 1 aromatic heterocycles. The average Bonchev–Trinajstić information content (AvgIpc) is 3.17. The number of nitrogens with zero attached hydrogens (tertiary/aromatic N) is 1. The highest BCUT2D eigenvalue weighted by atomic mass is 32.1. The van der Waals surface area contributed by atoms with Gasteiger partial charge in [0.15, 0.2) is 0 Å². The second-order valence-corrected chi connectivity index (χ2v) is 7.10. The maximum absolute atomic E-state index is 12.6. The van der Waals surface area contributed by atoms with E-state index in [-0.39, 0.29) is 35.9 Å². The van der Waals surface area contributed by atoms with Gasteiger partial charge >= 0.3 is 0 Å². The normalized spacial score (nSPS) is 29.4. The number of nitrogens with one attached hydrogen (secondary N) is 2. The molecule has 0 saturated carbocycles. The Kier molecular flexibility index (Phi) is 4.49. The van der Waals surface area contributed by atoms with Crippen LogP contribution in [0.4, 0.5) is 0 Å². The first-order valence-electron chi connectivity index (χ1n) is 7.95. The molecular formula is C16H23N3O2S. The first kappa shape index (κ1) is 15.5. The van der Waals surface area contributed by atoms with Crippen LogP contribution in [-0.4, -0.2) is 41.4 Å². The number of thiophene rings is 1. The molecule has 4 atom stereocenters. The van der Waals surface area contributed by atoms with Crippen LogP contribution in [-0.2, 0) is 16.1 Å². The van der Waals surface area contributed by atoms with Crippen molar-refractivity contribution in [1.82, 2.24) is 15.5 Å². The Bertz CT molecular complexity index is 546. The molecule has 1 aromatic rings. The summed E-state index contributed by atoms with van der Waals surface area (Å²) in [6, 6.07) is 1.63. The van der Waals surface area contributed by atoms with Crippen LogP contribution < -0.4 is 10.6 Å². The zero-order valence-electron chi connectivity index (χ0n) is 13.0. The Hall–Kier alpha value is -1.40. The molecule has 0 unspecified atom stereocenters. The lowest BCUT2D eigenvalue weighted by atomic mass is 9.95. The van der Waals surface area contributed by atoms with Crippen LogP contribution in [0.25, 0.3) is 0 Å². The Morgan fingerprint density at radius 1 is 1.50 bits per heavy atom. The van der Waals surface area contributed by atoms with E-state index in [1.165, 1.54) is 5.56 Å². The number of carbonyl (C=O) groups excluding carboxylic acids is 2. The van der Waals surface area contributed by atoms with Gasteiger partial charge in [0.05, 0.1) is 0 Å². The molecule has 0 aliphatic carbocycles. The van der Waals surface area contributed by atoms with E-state index in [9.17, 15) is 9.59 Å². The summed E-state index contributed by atoms with van der Waals surface area (Å²) in [7, 11) is 0. The number of piperazine rings is 1. The van der Waals surface area contributed by atoms with Gasteiger partial charge in [0.1, 0.15) is 12.1 Å². The lowest BCUT2D eigenvalue weighted by Gasteiger charge is -2.36. The van der Waals surface area contributed by atoms with Crippen LogP contribution in [0.5, 0.6) is 0 Å². The molecule has 0 aromatic carbocycles. The molecule has 5 nitrogen and oxygen atoms in total. The maximum atomic E-state index is 12.6. The van der Waals surface area contributed by atoms with Crippen LogP contribution >= 0.6 is 11.3 Å². The van der Waals surface area contributed by atoms with Crippen molar-refractivity contribution in [3.63, 3.8) is 0 Å². The van der Waals surface area contributed by atoms with Gasteiger partial charge in [-0.3, -0.25) is 9.59 Å². The van der Waals surface area contributed by atoms with Crippen LogP contribution in [0.2, 0.25) is 0 Å². The van der Waals surface area contributed by atoms with Gasteiger partial charge in [0, 0.05) is 19.1 Å². The molecular weight excluding hydrogens is 298 g/mol. The van der Waals surface area contributed by atoms with Gasteiger partial charge in [-0.05, 0) is 34.7 Å². The quantitative estimate of drug-likeness (QED) is 0.861. The highest BCUT2D eigenvalue weighted by molar-refractivity contribution is 7.07. The van der Waals surface area contributed by atoms with E-state index in [1.807, 2.05) is 13.8 Å². The lowest BCUT2D eigenvalue weighted by molar-refractivity contribution is -0.148.